The lowest BCUT2D eigenvalue weighted by Gasteiger charge is -2.27. The van der Waals surface area contributed by atoms with E-state index < -0.39 is 0 Å². The van der Waals surface area contributed by atoms with Crippen LogP contribution < -0.4 is 10.1 Å². The second kappa shape index (κ2) is 4.91. The number of halogens is 1. The summed E-state index contributed by atoms with van der Waals surface area (Å²) in [4.78, 5) is 4.24. The van der Waals surface area contributed by atoms with Crippen molar-refractivity contribution < 1.29 is 4.74 Å². The van der Waals surface area contributed by atoms with E-state index in [0.717, 1.165) is 18.5 Å². The zero-order valence-electron chi connectivity index (χ0n) is 9.66. The van der Waals surface area contributed by atoms with Gasteiger partial charge in [-0.05, 0) is 39.2 Å². The van der Waals surface area contributed by atoms with Crippen LogP contribution in [0.4, 0.5) is 5.69 Å². The predicted molar refractivity (Wildman–Crippen MR) is 66.3 cm³/mol. The summed E-state index contributed by atoms with van der Waals surface area (Å²) in [6.45, 7) is 4.15. The first-order chi connectivity index (χ1) is 7.65. The molecule has 16 heavy (non-hydrogen) atoms. The maximum atomic E-state index is 5.93. The maximum absolute atomic E-state index is 5.93. The van der Waals surface area contributed by atoms with Crippen LogP contribution in [0.1, 0.15) is 33.1 Å². The minimum absolute atomic E-state index is 0.335. The summed E-state index contributed by atoms with van der Waals surface area (Å²) >= 11 is 5.93. The van der Waals surface area contributed by atoms with E-state index in [-0.39, 0.29) is 0 Å². The molecule has 0 aromatic carbocycles. The third-order valence-electron chi connectivity index (χ3n) is 2.59. The molecule has 4 heteroatoms. The first kappa shape index (κ1) is 11.5. The monoisotopic (exact) mass is 240 g/mol. The van der Waals surface area contributed by atoms with Crippen molar-refractivity contribution in [2.75, 3.05) is 5.32 Å². The summed E-state index contributed by atoms with van der Waals surface area (Å²) in [7, 11) is 0. The quantitative estimate of drug-likeness (QED) is 0.875. The Bertz CT molecular complexity index is 364. The van der Waals surface area contributed by atoms with Crippen LogP contribution in [0.5, 0.6) is 5.88 Å². The molecular formula is C12H17ClN2O. The highest BCUT2D eigenvalue weighted by molar-refractivity contribution is 6.30. The highest BCUT2D eigenvalue weighted by Crippen LogP contribution is 2.30. The Morgan fingerprint density at radius 1 is 1.50 bits per heavy atom. The molecule has 88 valence electrons. The van der Waals surface area contributed by atoms with E-state index in [2.05, 4.69) is 24.1 Å². The number of anilines is 1. The number of nitrogens with one attached hydrogen (secondary N) is 1. The summed E-state index contributed by atoms with van der Waals surface area (Å²) < 4.78 is 5.81. The predicted octanol–water partition coefficient (Wildman–Crippen LogP) is 3.49. The van der Waals surface area contributed by atoms with Crippen LogP contribution >= 0.6 is 11.6 Å². The Hall–Kier alpha value is -0.960. The van der Waals surface area contributed by atoms with Crippen molar-refractivity contribution in [2.45, 2.75) is 45.3 Å². The van der Waals surface area contributed by atoms with Gasteiger partial charge in [0.15, 0.2) is 0 Å². The molecule has 0 unspecified atom stereocenters. The molecule has 0 radical (unpaired) electrons. The highest BCUT2D eigenvalue weighted by atomic mass is 35.5. The summed E-state index contributed by atoms with van der Waals surface area (Å²) in [6, 6.07) is 2.20. The van der Waals surface area contributed by atoms with Crippen LogP contribution in [-0.2, 0) is 0 Å². The third kappa shape index (κ3) is 2.79. The topological polar surface area (TPSA) is 34.2 Å². The second-order valence-electron chi connectivity index (χ2n) is 4.48. The number of pyridine rings is 1. The number of ether oxygens (including phenoxy) is 1. The van der Waals surface area contributed by atoms with Crippen LogP contribution in [-0.4, -0.2) is 17.1 Å². The smallest absolute Gasteiger partial charge is 0.237 e. The Kier molecular flexibility index (Phi) is 3.54. The van der Waals surface area contributed by atoms with Gasteiger partial charge in [-0.3, -0.25) is 0 Å². The number of rotatable bonds is 4. The molecule has 0 amide bonds. The van der Waals surface area contributed by atoms with Crippen LogP contribution in [0.15, 0.2) is 12.3 Å². The summed E-state index contributed by atoms with van der Waals surface area (Å²) in [6.07, 6.45) is 5.48. The van der Waals surface area contributed by atoms with Crippen molar-refractivity contribution >= 4 is 17.3 Å². The van der Waals surface area contributed by atoms with Gasteiger partial charge in [0, 0.05) is 12.2 Å². The molecule has 0 saturated heterocycles. The summed E-state index contributed by atoms with van der Waals surface area (Å²) in [5.74, 6) is 0.669. The second-order valence-corrected chi connectivity index (χ2v) is 4.91. The lowest BCUT2D eigenvalue weighted by Crippen LogP contribution is -2.25. The van der Waals surface area contributed by atoms with Gasteiger partial charge in [0.05, 0.1) is 10.7 Å². The molecule has 2 rings (SSSR count). The van der Waals surface area contributed by atoms with E-state index in [1.54, 1.807) is 6.20 Å². The molecule has 1 aliphatic rings. The first-order valence-electron chi connectivity index (χ1n) is 5.74. The summed E-state index contributed by atoms with van der Waals surface area (Å²) in [5.41, 5.74) is 0.884. The number of hydrogen-bond acceptors (Lipinski definition) is 3. The van der Waals surface area contributed by atoms with Gasteiger partial charge in [-0.1, -0.05) is 11.6 Å². The lowest BCUT2D eigenvalue weighted by molar-refractivity contribution is 0.115. The van der Waals surface area contributed by atoms with Crippen LogP contribution in [0.2, 0.25) is 5.02 Å². The molecule has 1 aromatic heterocycles. The summed E-state index contributed by atoms with van der Waals surface area (Å²) in [5, 5.41) is 3.92. The van der Waals surface area contributed by atoms with Gasteiger partial charge in [0.1, 0.15) is 6.10 Å². The Morgan fingerprint density at radius 2 is 2.25 bits per heavy atom. The van der Waals surface area contributed by atoms with Gasteiger partial charge in [-0.2, -0.15) is 0 Å². The normalized spacial score (nSPS) is 16.0. The fourth-order valence-electron chi connectivity index (χ4n) is 1.58. The molecule has 1 heterocycles. The van der Waals surface area contributed by atoms with Crippen molar-refractivity contribution in [2.24, 2.45) is 0 Å². The standard InChI is InChI=1S/C12H17ClN2O/c1-8(2)15-11-6-9(13)7-14-12(11)16-10-4-3-5-10/h6-8,10,15H,3-5H2,1-2H3. The average Bonchev–Trinajstić information content (AvgIpc) is 2.12. The Morgan fingerprint density at radius 3 is 2.81 bits per heavy atom. The van der Waals surface area contributed by atoms with Crippen molar-refractivity contribution in [3.8, 4) is 5.88 Å². The first-order valence-corrected chi connectivity index (χ1v) is 6.11. The van der Waals surface area contributed by atoms with Crippen LogP contribution in [0.25, 0.3) is 0 Å². The van der Waals surface area contributed by atoms with Gasteiger partial charge in [0.2, 0.25) is 5.88 Å². The van der Waals surface area contributed by atoms with Crippen molar-refractivity contribution in [3.63, 3.8) is 0 Å². The maximum Gasteiger partial charge on any atom is 0.237 e. The molecule has 1 saturated carbocycles. The molecule has 1 fully saturated rings. The zero-order valence-corrected chi connectivity index (χ0v) is 10.4. The fourth-order valence-corrected chi connectivity index (χ4v) is 1.74. The fraction of sp³-hybridized carbons (Fsp3) is 0.583. The van der Waals surface area contributed by atoms with Crippen molar-refractivity contribution in [1.82, 2.24) is 4.98 Å². The molecule has 1 aromatic rings. The van der Waals surface area contributed by atoms with Crippen molar-refractivity contribution in [1.29, 1.82) is 0 Å². The van der Waals surface area contributed by atoms with Gasteiger partial charge >= 0.3 is 0 Å². The van der Waals surface area contributed by atoms with E-state index in [1.807, 2.05) is 6.07 Å². The number of aromatic nitrogens is 1. The molecular weight excluding hydrogens is 224 g/mol. The van der Waals surface area contributed by atoms with Gasteiger partial charge in [0.25, 0.3) is 0 Å². The molecule has 1 aliphatic carbocycles. The molecule has 3 nitrogen and oxygen atoms in total. The van der Waals surface area contributed by atoms with E-state index in [0.29, 0.717) is 23.0 Å². The lowest BCUT2D eigenvalue weighted by atomic mass is 9.96. The average molecular weight is 241 g/mol. The van der Waals surface area contributed by atoms with E-state index in [9.17, 15) is 0 Å². The van der Waals surface area contributed by atoms with Gasteiger partial charge < -0.3 is 10.1 Å². The van der Waals surface area contributed by atoms with Gasteiger partial charge in [-0.15, -0.1) is 0 Å². The molecule has 0 spiro atoms. The molecule has 1 N–H and O–H groups in total. The van der Waals surface area contributed by atoms with E-state index in [1.165, 1.54) is 6.42 Å². The molecule has 0 atom stereocenters. The Labute approximate surface area is 101 Å². The van der Waals surface area contributed by atoms with E-state index in [4.69, 9.17) is 16.3 Å². The largest absolute Gasteiger partial charge is 0.473 e. The molecule has 0 aliphatic heterocycles. The van der Waals surface area contributed by atoms with Crippen LogP contribution in [0.3, 0.4) is 0 Å². The minimum Gasteiger partial charge on any atom is -0.473 e. The zero-order chi connectivity index (χ0) is 11.5. The minimum atomic E-state index is 0.335. The molecule has 0 bridgehead atoms. The van der Waals surface area contributed by atoms with Crippen LogP contribution in [0, 0.1) is 0 Å². The number of nitrogens with zero attached hydrogens (tertiary/aromatic N) is 1. The number of hydrogen-bond donors (Lipinski definition) is 1. The van der Waals surface area contributed by atoms with Gasteiger partial charge in [-0.25, -0.2) is 4.98 Å². The Balaban J connectivity index is 2.13. The van der Waals surface area contributed by atoms with Crippen molar-refractivity contribution in [3.05, 3.63) is 17.3 Å². The third-order valence-corrected chi connectivity index (χ3v) is 2.80. The van der Waals surface area contributed by atoms with E-state index >= 15 is 0 Å². The highest BCUT2D eigenvalue weighted by Gasteiger charge is 2.21. The SMILES string of the molecule is CC(C)Nc1cc(Cl)cnc1OC1CCC1.